The van der Waals surface area contributed by atoms with Crippen molar-refractivity contribution in [3.63, 3.8) is 0 Å². The molecule has 1 aromatic rings. The monoisotopic (exact) mass is 289 g/mol. The number of halogens is 1. The summed E-state index contributed by atoms with van der Waals surface area (Å²) in [6.07, 6.45) is 1.95. The van der Waals surface area contributed by atoms with Gasteiger partial charge in [-0.15, -0.1) is 12.4 Å². The Morgan fingerprint density at radius 3 is 2.32 bits per heavy atom. The molecule has 110 valence electrons. The van der Waals surface area contributed by atoms with Gasteiger partial charge in [0, 0.05) is 12.1 Å². The van der Waals surface area contributed by atoms with Crippen LogP contribution in [0.2, 0.25) is 0 Å². The maximum Gasteiger partial charge on any atom is 0.225 e. The SMILES string of the molecule is CCC(CC)(CN)NC(=O)Cc1c(C)noc1C.Cl. The summed E-state index contributed by atoms with van der Waals surface area (Å²) in [4.78, 5) is 12.1. The van der Waals surface area contributed by atoms with Crippen LogP contribution in [0.3, 0.4) is 0 Å². The van der Waals surface area contributed by atoms with Crippen LogP contribution in [0.25, 0.3) is 0 Å². The molecule has 1 amide bonds. The molecule has 1 heterocycles. The van der Waals surface area contributed by atoms with Crippen molar-refractivity contribution in [2.45, 2.75) is 52.5 Å². The van der Waals surface area contributed by atoms with Gasteiger partial charge in [0.1, 0.15) is 5.76 Å². The van der Waals surface area contributed by atoms with Crippen LogP contribution in [-0.2, 0) is 11.2 Å². The number of aryl methyl sites for hydroxylation is 2. The van der Waals surface area contributed by atoms with Gasteiger partial charge in [0.2, 0.25) is 5.91 Å². The van der Waals surface area contributed by atoms with Crippen LogP contribution in [-0.4, -0.2) is 23.1 Å². The van der Waals surface area contributed by atoms with Crippen molar-refractivity contribution in [3.05, 3.63) is 17.0 Å². The van der Waals surface area contributed by atoms with Crippen LogP contribution in [0.15, 0.2) is 4.52 Å². The Bertz CT molecular complexity index is 386. The van der Waals surface area contributed by atoms with Crippen molar-refractivity contribution in [1.82, 2.24) is 10.5 Å². The highest BCUT2D eigenvalue weighted by Crippen LogP contribution is 2.16. The van der Waals surface area contributed by atoms with Crippen molar-refractivity contribution < 1.29 is 9.32 Å². The van der Waals surface area contributed by atoms with Gasteiger partial charge in [0.05, 0.1) is 17.7 Å². The largest absolute Gasteiger partial charge is 0.361 e. The molecular weight excluding hydrogens is 266 g/mol. The zero-order valence-electron chi connectivity index (χ0n) is 12.1. The number of nitrogens with one attached hydrogen (secondary N) is 1. The highest BCUT2D eigenvalue weighted by atomic mass is 35.5. The first-order valence-electron chi connectivity index (χ1n) is 6.40. The van der Waals surface area contributed by atoms with Gasteiger partial charge in [0.15, 0.2) is 0 Å². The fraction of sp³-hybridized carbons (Fsp3) is 0.692. The van der Waals surface area contributed by atoms with E-state index >= 15 is 0 Å². The number of carbonyl (C=O) groups excluding carboxylic acids is 1. The predicted octanol–water partition coefficient (Wildman–Crippen LogP) is 1.89. The molecule has 0 saturated carbocycles. The van der Waals surface area contributed by atoms with E-state index in [0.717, 1.165) is 24.1 Å². The molecule has 0 aliphatic rings. The average molecular weight is 290 g/mol. The molecule has 0 fully saturated rings. The van der Waals surface area contributed by atoms with Gasteiger partial charge < -0.3 is 15.6 Å². The molecule has 3 N–H and O–H groups in total. The van der Waals surface area contributed by atoms with E-state index in [9.17, 15) is 4.79 Å². The summed E-state index contributed by atoms with van der Waals surface area (Å²) in [5, 5.41) is 6.89. The molecule has 0 aliphatic heterocycles. The zero-order chi connectivity index (χ0) is 13.8. The second-order valence-electron chi connectivity index (χ2n) is 4.72. The summed E-state index contributed by atoms with van der Waals surface area (Å²) in [5.41, 5.74) is 7.11. The van der Waals surface area contributed by atoms with Crippen LogP contribution in [0.1, 0.15) is 43.7 Å². The average Bonchev–Trinajstić information content (AvgIpc) is 2.68. The van der Waals surface area contributed by atoms with E-state index in [4.69, 9.17) is 10.3 Å². The summed E-state index contributed by atoms with van der Waals surface area (Å²) in [6, 6.07) is 0. The molecule has 5 nitrogen and oxygen atoms in total. The summed E-state index contributed by atoms with van der Waals surface area (Å²) in [6.45, 7) is 8.18. The highest BCUT2D eigenvalue weighted by molar-refractivity contribution is 5.85. The molecule has 6 heteroatoms. The second-order valence-corrected chi connectivity index (χ2v) is 4.72. The molecule has 0 aliphatic carbocycles. The zero-order valence-corrected chi connectivity index (χ0v) is 12.9. The number of amides is 1. The highest BCUT2D eigenvalue weighted by Gasteiger charge is 2.27. The Morgan fingerprint density at radius 2 is 1.95 bits per heavy atom. The molecule has 0 aromatic carbocycles. The molecule has 0 bridgehead atoms. The van der Waals surface area contributed by atoms with E-state index < -0.39 is 0 Å². The smallest absolute Gasteiger partial charge is 0.225 e. The van der Waals surface area contributed by atoms with Crippen molar-refractivity contribution >= 4 is 18.3 Å². The van der Waals surface area contributed by atoms with E-state index in [1.807, 2.05) is 27.7 Å². The fourth-order valence-electron chi connectivity index (χ4n) is 2.02. The van der Waals surface area contributed by atoms with E-state index in [0.29, 0.717) is 18.7 Å². The van der Waals surface area contributed by atoms with Gasteiger partial charge in [-0.1, -0.05) is 19.0 Å². The van der Waals surface area contributed by atoms with Gasteiger partial charge in [-0.05, 0) is 26.7 Å². The summed E-state index contributed by atoms with van der Waals surface area (Å²) in [7, 11) is 0. The van der Waals surface area contributed by atoms with E-state index in [1.165, 1.54) is 0 Å². The maximum absolute atomic E-state index is 12.1. The first kappa shape index (κ1) is 17.9. The lowest BCUT2D eigenvalue weighted by Gasteiger charge is -2.31. The third kappa shape index (κ3) is 4.21. The number of nitrogens with zero attached hydrogens (tertiary/aromatic N) is 1. The minimum absolute atomic E-state index is 0. The Kier molecular flexibility index (Phi) is 7.08. The standard InChI is InChI=1S/C13H23N3O2.ClH/c1-5-13(6-2,8-14)15-12(17)7-11-9(3)16-18-10(11)4;/h5-8,14H2,1-4H3,(H,15,17);1H. The summed E-state index contributed by atoms with van der Waals surface area (Å²) < 4.78 is 5.05. The Labute approximate surface area is 120 Å². The molecule has 1 aromatic heterocycles. The van der Waals surface area contributed by atoms with Gasteiger partial charge in [-0.2, -0.15) is 0 Å². The summed E-state index contributed by atoms with van der Waals surface area (Å²) >= 11 is 0. The molecule has 0 radical (unpaired) electrons. The number of carbonyl (C=O) groups is 1. The van der Waals surface area contributed by atoms with E-state index in [2.05, 4.69) is 10.5 Å². The van der Waals surface area contributed by atoms with Crippen molar-refractivity contribution in [3.8, 4) is 0 Å². The van der Waals surface area contributed by atoms with E-state index in [-0.39, 0.29) is 23.9 Å². The van der Waals surface area contributed by atoms with Gasteiger partial charge in [-0.25, -0.2) is 0 Å². The van der Waals surface area contributed by atoms with Crippen molar-refractivity contribution in [1.29, 1.82) is 0 Å². The lowest BCUT2D eigenvalue weighted by atomic mass is 9.92. The number of rotatable bonds is 6. The minimum Gasteiger partial charge on any atom is -0.361 e. The molecular formula is C13H24ClN3O2. The van der Waals surface area contributed by atoms with Crippen molar-refractivity contribution in [2.75, 3.05) is 6.54 Å². The van der Waals surface area contributed by atoms with Gasteiger partial charge in [-0.3, -0.25) is 4.79 Å². The number of aromatic nitrogens is 1. The Balaban J connectivity index is 0.00000324. The summed E-state index contributed by atoms with van der Waals surface area (Å²) in [5.74, 6) is 0.674. The van der Waals surface area contributed by atoms with Crippen LogP contribution < -0.4 is 11.1 Å². The van der Waals surface area contributed by atoms with Gasteiger partial charge >= 0.3 is 0 Å². The predicted molar refractivity (Wildman–Crippen MR) is 77.4 cm³/mol. The van der Waals surface area contributed by atoms with Crippen LogP contribution in [0.5, 0.6) is 0 Å². The lowest BCUT2D eigenvalue weighted by molar-refractivity contribution is -0.122. The molecule has 0 spiro atoms. The third-order valence-corrected chi connectivity index (χ3v) is 3.67. The Hall–Kier alpha value is -1.07. The first-order chi connectivity index (χ1) is 8.48. The minimum atomic E-state index is -0.296. The Morgan fingerprint density at radius 1 is 1.37 bits per heavy atom. The quantitative estimate of drug-likeness (QED) is 0.838. The molecule has 0 atom stereocenters. The number of hydrogen-bond acceptors (Lipinski definition) is 4. The fourth-order valence-corrected chi connectivity index (χ4v) is 2.02. The number of hydrogen-bond donors (Lipinski definition) is 2. The molecule has 19 heavy (non-hydrogen) atoms. The van der Waals surface area contributed by atoms with Crippen LogP contribution in [0.4, 0.5) is 0 Å². The first-order valence-corrected chi connectivity index (χ1v) is 6.40. The van der Waals surface area contributed by atoms with Crippen LogP contribution >= 0.6 is 12.4 Å². The van der Waals surface area contributed by atoms with Gasteiger partial charge in [0.25, 0.3) is 0 Å². The second kappa shape index (κ2) is 7.50. The normalized spacial score (nSPS) is 11.0. The van der Waals surface area contributed by atoms with Crippen LogP contribution in [0, 0.1) is 13.8 Å². The third-order valence-electron chi connectivity index (χ3n) is 3.67. The topological polar surface area (TPSA) is 81.1 Å². The molecule has 1 rings (SSSR count). The van der Waals surface area contributed by atoms with Crippen molar-refractivity contribution in [2.24, 2.45) is 5.73 Å². The molecule has 0 unspecified atom stereocenters. The van der Waals surface area contributed by atoms with E-state index in [1.54, 1.807) is 0 Å². The number of nitrogens with two attached hydrogens (primary N) is 1. The lowest BCUT2D eigenvalue weighted by Crippen LogP contribution is -2.53. The maximum atomic E-state index is 12.1. The molecule has 0 saturated heterocycles.